The van der Waals surface area contributed by atoms with Gasteiger partial charge in [0, 0.05) is 18.3 Å². The van der Waals surface area contributed by atoms with Crippen LogP contribution in [0.15, 0.2) is 86.0 Å². The number of carbonyl (C=O) groups excluding carboxylic acids is 1. The van der Waals surface area contributed by atoms with Crippen molar-refractivity contribution < 1.29 is 26.0 Å². The number of carbonyl (C=O) groups is 1. The van der Waals surface area contributed by atoms with Gasteiger partial charge in [-0.25, -0.2) is 16.8 Å². The van der Waals surface area contributed by atoms with Gasteiger partial charge in [0.15, 0.2) is 5.76 Å². The molecule has 1 aliphatic rings. The standard InChI is InChI=1S/C24H26N2O6S2/c1-2-19-8-6-7-17-26(19)34(30,31)21-13-11-18(12-14-21)25-24(27)22-15-16-23(32-22)33(28,29)20-9-4-3-5-10-20/h3-5,9-16,19H,2,6-8,17H2,1H3,(H,25,27). The zero-order valence-electron chi connectivity index (χ0n) is 18.7. The summed E-state index contributed by atoms with van der Waals surface area (Å²) in [5, 5.41) is 2.27. The normalized spacial score (nSPS) is 17.4. The Kier molecular flexibility index (Phi) is 6.92. The molecule has 0 spiro atoms. The molecule has 1 amide bonds. The number of hydrogen-bond acceptors (Lipinski definition) is 6. The van der Waals surface area contributed by atoms with E-state index in [0.29, 0.717) is 12.2 Å². The Balaban J connectivity index is 1.48. The molecule has 0 bridgehead atoms. The second kappa shape index (κ2) is 9.73. The minimum Gasteiger partial charge on any atom is -0.439 e. The molecule has 2 heterocycles. The van der Waals surface area contributed by atoms with Gasteiger partial charge in [0.05, 0.1) is 9.79 Å². The number of rotatable bonds is 7. The predicted molar refractivity (Wildman–Crippen MR) is 127 cm³/mol. The Morgan fingerprint density at radius 1 is 0.941 bits per heavy atom. The number of nitrogens with zero attached hydrogens (tertiary/aromatic N) is 1. The summed E-state index contributed by atoms with van der Waals surface area (Å²) in [5.41, 5.74) is 0.360. The molecule has 0 saturated carbocycles. The van der Waals surface area contributed by atoms with Crippen molar-refractivity contribution in [2.45, 2.75) is 53.5 Å². The molecule has 1 atom stereocenters. The van der Waals surface area contributed by atoms with Gasteiger partial charge in [-0.15, -0.1) is 0 Å². The highest BCUT2D eigenvalue weighted by molar-refractivity contribution is 7.91. The molecule has 2 aromatic carbocycles. The summed E-state index contributed by atoms with van der Waals surface area (Å²) in [6.07, 6.45) is 3.49. The molecule has 4 rings (SSSR count). The summed E-state index contributed by atoms with van der Waals surface area (Å²) in [5.74, 6) is -0.822. The maximum Gasteiger partial charge on any atom is 0.291 e. The Labute approximate surface area is 199 Å². The Hall–Kier alpha value is -2.95. The fourth-order valence-corrected chi connectivity index (χ4v) is 7.00. The van der Waals surface area contributed by atoms with Gasteiger partial charge < -0.3 is 9.73 Å². The van der Waals surface area contributed by atoms with Crippen molar-refractivity contribution in [3.63, 3.8) is 0 Å². The average molecular weight is 503 g/mol. The van der Waals surface area contributed by atoms with Crippen LogP contribution in [0.5, 0.6) is 0 Å². The van der Waals surface area contributed by atoms with E-state index in [1.165, 1.54) is 48.5 Å². The van der Waals surface area contributed by atoms with Crippen LogP contribution in [0.2, 0.25) is 0 Å². The third kappa shape index (κ3) is 4.79. The smallest absolute Gasteiger partial charge is 0.291 e. The molecular weight excluding hydrogens is 476 g/mol. The summed E-state index contributed by atoms with van der Waals surface area (Å²) in [6.45, 7) is 2.49. The summed E-state index contributed by atoms with van der Waals surface area (Å²) in [4.78, 5) is 12.8. The van der Waals surface area contributed by atoms with Crippen molar-refractivity contribution in [2.75, 3.05) is 11.9 Å². The molecule has 34 heavy (non-hydrogen) atoms. The first-order chi connectivity index (χ1) is 16.2. The number of piperidine rings is 1. The van der Waals surface area contributed by atoms with Crippen LogP contribution in [-0.2, 0) is 19.9 Å². The Morgan fingerprint density at radius 2 is 1.65 bits per heavy atom. The number of sulfone groups is 1. The van der Waals surface area contributed by atoms with Crippen LogP contribution in [0, 0.1) is 0 Å². The lowest BCUT2D eigenvalue weighted by molar-refractivity contribution is 0.0991. The molecule has 8 nitrogen and oxygen atoms in total. The van der Waals surface area contributed by atoms with Gasteiger partial charge in [0.1, 0.15) is 0 Å². The topological polar surface area (TPSA) is 114 Å². The largest absolute Gasteiger partial charge is 0.439 e. The lowest BCUT2D eigenvalue weighted by Crippen LogP contribution is -2.43. The zero-order chi connectivity index (χ0) is 24.3. The quantitative estimate of drug-likeness (QED) is 0.515. The van der Waals surface area contributed by atoms with Gasteiger partial charge in [0.25, 0.3) is 5.91 Å². The van der Waals surface area contributed by atoms with Crippen LogP contribution >= 0.6 is 0 Å². The third-order valence-corrected chi connectivity index (χ3v) is 9.49. The molecule has 1 saturated heterocycles. The molecule has 0 aliphatic carbocycles. The van der Waals surface area contributed by atoms with Crippen molar-refractivity contribution in [2.24, 2.45) is 0 Å². The van der Waals surface area contributed by atoms with Crippen molar-refractivity contribution in [3.05, 3.63) is 72.5 Å². The zero-order valence-corrected chi connectivity index (χ0v) is 20.3. The third-order valence-electron chi connectivity index (χ3n) is 5.89. The molecule has 1 aliphatic heterocycles. The highest BCUT2D eigenvalue weighted by Gasteiger charge is 2.32. The minimum absolute atomic E-state index is 0.00144. The fourth-order valence-electron chi connectivity index (χ4n) is 4.04. The van der Waals surface area contributed by atoms with E-state index in [1.807, 2.05) is 6.92 Å². The molecule has 180 valence electrons. The van der Waals surface area contributed by atoms with Crippen LogP contribution in [0.1, 0.15) is 43.2 Å². The lowest BCUT2D eigenvalue weighted by Gasteiger charge is -2.34. The van der Waals surface area contributed by atoms with Gasteiger partial charge in [-0.2, -0.15) is 4.31 Å². The number of hydrogen-bond donors (Lipinski definition) is 1. The van der Waals surface area contributed by atoms with Crippen molar-refractivity contribution in [3.8, 4) is 0 Å². The highest BCUT2D eigenvalue weighted by Crippen LogP contribution is 2.28. The van der Waals surface area contributed by atoms with Gasteiger partial charge in [0.2, 0.25) is 25.0 Å². The van der Waals surface area contributed by atoms with E-state index < -0.39 is 25.8 Å². The molecular formula is C24H26N2O6S2. The van der Waals surface area contributed by atoms with Gasteiger partial charge >= 0.3 is 0 Å². The summed E-state index contributed by atoms with van der Waals surface area (Å²) in [7, 11) is -7.51. The number of amides is 1. The van der Waals surface area contributed by atoms with E-state index in [0.717, 1.165) is 25.7 Å². The summed E-state index contributed by atoms with van der Waals surface area (Å²) >= 11 is 0. The second-order valence-corrected chi connectivity index (χ2v) is 11.9. The number of benzene rings is 2. The van der Waals surface area contributed by atoms with E-state index in [-0.39, 0.29) is 26.7 Å². The maximum atomic E-state index is 13.1. The molecule has 10 heteroatoms. The first-order valence-corrected chi connectivity index (χ1v) is 14.0. The second-order valence-electron chi connectivity index (χ2n) is 8.09. The Morgan fingerprint density at radius 3 is 2.32 bits per heavy atom. The van der Waals surface area contributed by atoms with E-state index in [4.69, 9.17) is 4.42 Å². The van der Waals surface area contributed by atoms with Crippen LogP contribution < -0.4 is 5.32 Å². The van der Waals surface area contributed by atoms with Gasteiger partial charge in [-0.3, -0.25) is 4.79 Å². The first kappa shape index (κ1) is 24.2. The molecule has 1 unspecified atom stereocenters. The van der Waals surface area contributed by atoms with E-state index in [9.17, 15) is 21.6 Å². The number of nitrogens with one attached hydrogen (secondary N) is 1. The number of furan rings is 1. The highest BCUT2D eigenvalue weighted by atomic mass is 32.2. The monoisotopic (exact) mass is 502 g/mol. The van der Waals surface area contributed by atoms with Crippen molar-refractivity contribution >= 4 is 31.5 Å². The van der Waals surface area contributed by atoms with E-state index in [1.54, 1.807) is 22.5 Å². The molecule has 3 aromatic rings. The van der Waals surface area contributed by atoms with Gasteiger partial charge in [-0.1, -0.05) is 31.5 Å². The maximum absolute atomic E-state index is 13.1. The molecule has 1 aromatic heterocycles. The fraction of sp³-hybridized carbons (Fsp3) is 0.292. The number of anilines is 1. The summed E-state index contributed by atoms with van der Waals surface area (Å²) < 4.78 is 58.4. The summed E-state index contributed by atoms with van der Waals surface area (Å²) in [6, 6.07) is 16.2. The average Bonchev–Trinajstić information content (AvgIpc) is 3.36. The van der Waals surface area contributed by atoms with Crippen molar-refractivity contribution in [1.29, 1.82) is 0 Å². The van der Waals surface area contributed by atoms with Crippen LogP contribution in [-0.4, -0.2) is 39.6 Å². The number of sulfonamides is 1. The van der Waals surface area contributed by atoms with Gasteiger partial charge in [-0.05, 0) is 67.8 Å². The molecule has 1 N–H and O–H groups in total. The SMILES string of the molecule is CCC1CCCCN1S(=O)(=O)c1ccc(NC(=O)c2ccc(S(=O)(=O)c3ccccc3)o2)cc1. The van der Waals surface area contributed by atoms with Crippen molar-refractivity contribution in [1.82, 2.24) is 4.31 Å². The first-order valence-electron chi connectivity index (χ1n) is 11.1. The molecule has 0 radical (unpaired) electrons. The lowest BCUT2D eigenvalue weighted by atomic mass is 10.0. The van der Waals surface area contributed by atoms with E-state index >= 15 is 0 Å². The van der Waals surface area contributed by atoms with Crippen LogP contribution in [0.4, 0.5) is 5.69 Å². The molecule has 1 fully saturated rings. The van der Waals surface area contributed by atoms with Crippen LogP contribution in [0.25, 0.3) is 0 Å². The minimum atomic E-state index is -3.88. The van der Waals surface area contributed by atoms with E-state index in [2.05, 4.69) is 5.32 Å². The predicted octanol–water partition coefficient (Wildman–Crippen LogP) is 4.32. The van der Waals surface area contributed by atoms with Crippen LogP contribution in [0.3, 0.4) is 0 Å². The Bertz CT molecular complexity index is 1360.